The Kier molecular flexibility index (Phi) is 5.16. The van der Waals surface area contributed by atoms with Gasteiger partial charge in [0.25, 0.3) is 0 Å². The molecule has 0 bridgehead atoms. The van der Waals surface area contributed by atoms with Crippen LogP contribution in [0, 0.1) is 0 Å². The van der Waals surface area contributed by atoms with Crippen LogP contribution in [0.2, 0.25) is 0 Å². The zero-order valence-corrected chi connectivity index (χ0v) is 12.0. The largest absolute Gasteiger partial charge is 0.409 e. The van der Waals surface area contributed by atoms with Crippen molar-refractivity contribution in [3.63, 3.8) is 0 Å². The van der Waals surface area contributed by atoms with E-state index < -0.39 is 5.92 Å². The molecule has 0 aliphatic heterocycles. The summed E-state index contributed by atoms with van der Waals surface area (Å²) in [4.78, 5) is 12.5. The van der Waals surface area contributed by atoms with E-state index in [2.05, 4.69) is 10.5 Å². The first-order valence-corrected chi connectivity index (χ1v) is 7.03. The molecule has 2 rings (SSSR count). The minimum atomic E-state index is -0.797. The number of methoxy groups -OCH3 is 1. The third kappa shape index (κ3) is 3.52. The van der Waals surface area contributed by atoms with Gasteiger partial charge in [-0.25, -0.2) is 0 Å². The molecule has 1 aromatic carbocycles. The van der Waals surface area contributed by atoms with E-state index in [4.69, 9.17) is 15.7 Å². The van der Waals surface area contributed by atoms with Crippen molar-refractivity contribution in [2.24, 2.45) is 10.9 Å². The lowest BCUT2D eigenvalue weighted by molar-refractivity contribution is -0.122. The molecule has 114 valence electrons. The highest BCUT2D eigenvalue weighted by atomic mass is 16.5. The second-order valence-electron chi connectivity index (χ2n) is 5.19. The molecule has 3 atom stereocenters. The van der Waals surface area contributed by atoms with Crippen molar-refractivity contribution in [3.05, 3.63) is 35.9 Å². The fraction of sp³-hybridized carbons (Fsp3) is 0.467. The minimum absolute atomic E-state index is 0.0256. The average Bonchev–Trinajstić information content (AvgIpc) is 2.95. The van der Waals surface area contributed by atoms with Crippen molar-refractivity contribution >= 4 is 11.7 Å². The fourth-order valence-corrected chi connectivity index (χ4v) is 2.80. The Balaban J connectivity index is 2.16. The number of oxime groups is 1. The molecule has 0 saturated heterocycles. The highest BCUT2D eigenvalue weighted by molar-refractivity contribution is 6.07. The number of nitrogens with one attached hydrogen (secondary N) is 1. The summed E-state index contributed by atoms with van der Waals surface area (Å²) >= 11 is 0. The van der Waals surface area contributed by atoms with Crippen LogP contribution >= 0.6 is 0 Å². The number of carbonyl (C=O) groups excluding carboxylic acids is 1. The normalized spacial score (nSPS) is 23.8. The number of hydrogen-bond acceptors (Lipinski definition) is 4. The maximum absolute atomic E-state index is 12.5. The van der Waals surface area contributed by atoms with Gasteiger partial charge < -0.3 is 21.0 Å². The predicted molar refractivity (Wildman–Crippen MR) is 79.2 cm³/mol. The van der Waals surface area contributed by atoms with Crippen LogP contribution in [0.4, 0.5) is 0 Å². The number of amides is 1. The number of hydrogen-bond donors (Lipinski definition) is 3. The van der Waals surface area contributed by atoms with Crippen molar-refractivity contribution in [1.29, 1.82) is 0 Å². The maximum atomic E-state index is 12.5. The molecule has 6 nitrogen and oxygen atoms in total. The molecule has 0 spiro atoms. The lowest BCUT2D eigenvalue weighted by atomic mass is 9.96. The molecular weight excluding hydrogens is 270 g/mol. The fourth-order valence-electron chi connectivity index (χ4n) is 2.80. The molecule has 1 aliphatic rings. The first kappa shape index (κ1) is 15.3. The Labute approximate surface area is 124 Å². The van der Waals surface area contributed by atoms with Gasteiger partial charge in [0, 0.05) is 7.11 Å². The van der Waals surface area contributed by atoms with Gasteiger partial charge in [-0.15, -0.1) is 0 Å². The summed E-state index contributed by atoms with van der Waals surface area (Å²) in [7, 11) is 1.65. The second-order valence-corrected chi connectivity index (χ2v) is 5.19. The number of nitrogens with zero attached hydrogens (tertiary/aromatic N) is 1. The number of ether oxygens (including phenoxy) is 1. The van der Waals surface area contributed by atoms with Crippen LogP contribution < -0.4 is 11.1 Å². The average molecular weight is 291 g/mol. The molecule has 1 aliphatic carbocycles. The summed E-state index contributed by atoms with van der Waals surface area (Å²) < 4.78 is 5.37. The van der Waals surface area contributed by atoms with Crippen LogP contribution in [0.5, 0.6) is 0 Å². The summed E-state index contributed by atoms with van der Waals surface area (Å²) in [5, 5.41) is 14.9. The third-order valence-corrected chi connectivity index (χ3v) is 3.89. The Morgan fingerprint density at radius 3 is 2.76 bits per heavy atom. The molecular formula is C15H21N3O3. The lowest BCUT2D eigenvalue weighted by Gasteiger charge is -2.23. The zero-order valence-electron chi connectivity index (χ0n) is 12.0. The van der Waals surface area contributed by atoms with Crippen LogP contribution in [-0.4, -0.2) is 36.2 Å². The highest BCUT2D eigenvalue weighted by Crippen LogP contribution is 2.23. The molecule has 1 fully saturated rings. The Hall–Kier alpha value is -2.08. The van der Waals surface area contributed by atoms with E-state index in [9.17, 15) is 4.79 Å². The number of amidine groups is 1. The summed E-state index contributed by atoms with van der Waals surface area (Å²) in [6.45, 7) is 0. The molecule has 0 aromatic heterocycles. The van der Waals surface area contributed by atoms with Gasteiger partial charge in [0.1, 0.15) is 5.92 Å². The first-order chi connectivity index (χ1) is 10.2. The van der Waals surface area contributed by atoms with Gasteiger partial charge in [-0.05, 0) is 24.8 Å². The zero-order chi connectivity index (χ0) is 15.2. The highest BCUT2D eigenvalue weighted by Gasteiger charge is 2.32. The monoisotopic (exact) mass is 291 g/mol. The smallest absolute Gasteiger partial charge is 0.235 e. The topological polar surface area (TPSA) is 96.9 Å². The molecule has 0 radical (unpaired) electrons. The van der Waals surface area contributed by atoms with E-state index in [1.807, 2.05) is 18.2 Å². The number of carbonyl (C=O) groups is 1. The standard InChI is InChI=1S/C15H21N3O3/c1-21-12-9-5-8-11(12)17-15(19)13(14(16)18-20)10-6-3-2-4-7-10/h2-4,6-7,11-13,20H,5,8-9H2,1H3,(H2,16,18)(H,17,19). The van der Waals surface area contributed by atoms with Gasteiger partial charge in [-0.1, -0.05) is 35.5 Å². The lowest BCUT2D eigenvalue weighted by Crippen LogP contribution is -2.45. The molecule has 1 saturated carbocycles. The van der Waals surface area contributed by atoms with Crippen LogP contribution in [0.1, 0.15) is 30.7 Å². The van der Waals surface area contributed by atoms with E-state index >= 15 is 0 Å². The van der Waals surface area contributed by atoms with E-state index in [0.717, 1.165) is 19.3 Å². The molecule has 3 unspecified atom stereocenters. The van der Waals surface area contributed by atoms with Crippen LogP contribution in [-0.2, 0) is 9.53 Å². The maximum Gasteiger partial charge on any atom is 0.235 e. The number of benzene rings is 1. The predicted octanol–water partition coefficient (Wildman–Crippen LogP) is 1.20. The summed E-state index contributed by atoms with van der Waals surface area (Å²) in [6.07, 6.45) is 2.85. The molecule has 4 N–H and O–H groups in total. The van der Waals surface area contributed by atoms with Crippen molar-refractivity contribution in [2.45, 2.75) is 37.3 Å². The Morgan fingerprint density at radius 2 is 2.14 bits per heavy atom. The third-order valence-electron chi connectivity index (χ3n) is 3.89. The van der Waals surface area contributed by atoms with Gasteiger partial charge in [0.15, 0.2) is 5.84 Å². The SMILES string of the molecule is COC1CCCC1NC(=O)C(C(N)=NO)c1ccccc1. The van der Waals surface area contributed by atoms with Gasteiger partial charge >= 0.3 is 0 Å². The summed E-state index contributed by atoms with van der Waals surface area (Å²) in [6, 6.07) is 9.01. The van der Waals surface area contributed by atoms with E-state index in [1.165, 1.54) is 0 Å². The quantitative estimate of drug-likeness (QED) is 0.329. The molecule has 1 amide bonds. The Bertz CT molecular complexity index is 504. The van der Waals surface area contributed by atoms with Crippen LogP contribution in [0.15, 0.2) is 35.5 Å². The van der Waals surface area contributed by atoms with Crippen LogP contribution in [0.3, 0.4) is 0 Å². The van der Waals surface area contributed by atoms with Gasteiger partial charge in [-0.3, -0.25) is 4.79 Å². The number of nitrogens with two attached hydrogens (primary N) is 1. The van der Waals surface area contributed by atoms with E-state index in [-0.39, 0.29) is 23.9 Å². The van der Waals surface area contributed by atoms with E-state index in [1.54, 1.807) is 19.2 Å². The Morgan fingerprint density at radius 1 is 1.43 bits per heavy atom. The van der Waals surface area contributed by atoms with Crippen LogP contribution in [0.25, 0.3) is 0 Å². The minimum Gasteiger partial charge on any atom is -0.409 e. The molecule has 6 heteroatoms. The molecule has 1 aromatic rings. The van der Waals surface area contributed by atoms with Gasteiger partial charge in [0.05, 0.1) is 12.1 Å². The van der Waals surface area contributed by atoms with E-state index in [0.29, 0.717) is 5.56 Å². The second kappa shape index (κ2) is 7.08. The van der Waals surface area contributed by atoms with Crippen molar-refractivity contribution < 1.29 is 14.7 Å². The summed E-state index contributed by atoms with van der Waals surface area (Å²) in [5.74, 6) is -1.19. The van der Waals surface area contributed by atoms with Crippen molar-refractivity contribution in [3.8, 4) is 0 Å². The summed E-state index contributed by atoms with van der Waals surface area (Å²) in [5.41, 5.74) is 6.39. The molecule has 21 heavy (non-hydrogen) atoms. The van der Waals surface area contributed by atoms with Crippen molar-refractivity contribution in [1.82, 2.24) is 5.32 Å². The molecule has 0 heterocycles. The number of rotatable bonds is 5. The van der Waals surface area contributed by atoms with Gasteiger partial charge in [-0.2, -0.15) is 0 Å². The van der Waals surface area contributed by atoms with Gasteiger partial charge in [0.2, 0.25) is 5.91 Å². The van der Waals surface area contributed by atoms with Crippen molar-refractivity contribution in [2.75, 3.05) is 7.11 Å². The first-order valence-electron chi connectivity index (χ1n) is 7.03.